The third kappa shape index (κ3) is 4.30. The van der Waals surface area contributed by atoms with Crippen molar-refractivity contribution in [1.29, 1.82) is 5.26 Å². The van der Waals surface area contributed by atoms with Crippen LogP contribution in [-0.4, -0.2) is 33.2 Å². The van der Waals surface area contributed by atoms with E-state index in [0.29, 0.717) is 28.9 Å². The number of halogens is 1. The molecule has 0 saturated carbocycles. The SMILES string of the molecule is CC(C)CN1C(=O)c2ccccc2[C@H](C(=O)Nc2ccc(F)c(C#N)c2)[C@H]1c1cncnc1. The van der Waals surface area contributed by atoms with Crippen molar-refractivity contribution in [3.63, 3.8) is 0 Å². The van der Waals surface area contributed by atoms with E-state index in [1.54, 1.807) is 47.6 Å². The molecule has 0 fully saturated rings. The van der Waals surface area contributed by atoms with E-state index in [0.717, 1.165) is 6.07 Å². The number of amides is 2. The first-order valence-electron chi connectivity index (χ1n) is 10.6. The van der Waals surface area contributed by atoms with Gasteiger partial charge in [0.05, 0.1) is 17.5 Å². The van der Waals surface area contributed by atoms with Crippen molar-refractivity contribution in [1.82, 2.24) is 14.9 Å². The fourth-order valence-electron chi connectivity index (χ4n) is 4.21. The zero-order valence-corrected chi connectivity index (χ0v) is 18.2. The Morgan fingerprint density at radius 2 is 1.94 bits per heavy atom. The molecule has 0 unspecified atom stereocenters. The Morgan fingerprint density at radius 3 is 2.64 bits per heavy atom. The molecule has 0 spiro atoms. The first kappa shape index (κ1) is 22.1. The molecule has 0 aliphatic carbocycles. The van der Waals surface area contributed by atoms with Crippen molar-refractivity contribution in [2.45, 2.75) is 25.8 Å². The molecular weight excluding hydrogens is 421 g/mol. The predicted octanol–water partition coefficient (Wildman–Crippen LogP) is 4.06. The molecular formula is C25H22FN5O2. The van der Waals surface area contributed by atoms with Crippen LogP contribution in [0.2, 0.25) is 0 Å². The van der Waals surface area contributed by atoms with Crippen molar-refractivity contribution in [2.24, 2.45) is 5.92 Å². The number of fused-ring (bicyclic) bond motifs is 1. The topological polar surface area (TPSA) is 99.0 Å². The molecule has 1 aliphatic heterocycles. The second-order valence-electron chi connectivity index (χ2n) is 8.33. The van der Waals surface area contributed by atoms with E-state index in [-0.39, 0.29) is 23.3 Å². The van der Waals surface area contributed by atoms with Gasteiger partial charge in [0.1, 0.15) is 18.2 Å². The summed E-state index contributed by atoms with van der Waals surface area (Å²) >= 11 is 0. The van der Waals surface area contributed by atoms with Gasteiger partial charge in [-0.25, -0.2) is 14.4 Å². The lowest BCUT2D eigenvalue weighted by Crippen LogP contribution is -2.47. The minimum atomic E-state index is -0.765. The predicted molar refractivity (Wildman–Crippen MR) is 120 cm³/mol. The normalized spacial score (nSPS) is 17.4. The van der Waals surface area contributed by atoms with Gasteiger partial charge in [-0.1, -0.05) is 32.0 Å². The van der Waals surface area contributed by atoms with Gasteiger partial charge in [0.15, 0.2) is 0 Å². The van der Waals surface area contributed by atoms with Gasteiger partial charge in [-0.3, -0.25) is 9.59 Å². The number of benzene rings is 2. The summed E-state index contributed by atoms with van der Waals surface area (Å²) in [7, 11) is 0. The van der Waals surface area contributed by atoms with E-state index < -0.39 is 17.8 Å². The van der Waals surface area contributed by atoms with Gasteiger partial charge in [0, 0.05) is 35.8 Å². The van der Waals surface area contributed by atoms with Gasteiger partial charge in [-0.15, -0.1) is 0 Å². The van der Waals surface area contributed by atoms with Crippen molar-refractivity contribution in [3.05, 3.63) is 89.3 Å². The molecule has 1 aromatic heterocycles. The lowest BCUT2D eigenvalue weighted by molar-refractivity contribution is -0.119. The summed E-state index contributed by atoms with van der Waals surface area (Å²) in [6, 6.07) is 12.0. The van der Waals surface area contributed by atoms with E-state index in [2.05, 4.69) is 15.3 Å². The smallest absolute Gasteiger partial charge is 0.254 e. The Kier molecular flexibility index (Phi) is 6.13. The van der Waals surface area contributed by atoms with Crippen molar-refractivity contribution >= 4 is 17.5 Å². The number of nitrogens with zero attached hydrogens (tertiary/aromatic N) is 4. The van der Waals surface area contributed by atoms with Crippen molar-refractivity contribution in [2.75, 3.05) is 11.9 Å². The molecule has 2 amide bonds. The van der Waals surface area contributed by atoms with Crippen LogP contribution in [0.5, 0.6) is 0 Å². The number of hydrogen-bond acceptors (Lipinski definition) is 5. The summed E-state index contributed by atoms with van der Waals surface area (Å²) in [5.74, 6) is -1.81. The summed E-state index contributed by atoms with van der Waals surface area (Å²) < 4.78 is 13.8. The minimum absolute atomic E-state index is 0.158. The maximum atomic E-state index is 13.8. The Labute approximate surface area is 190 Å². The molecule has 2 aromatic carbocycles. The monoisotopic (exact) mass is 443 g/mol. The highest BCUT2D eigenvalue weighted by Crippen LogP contribution is 2.43. The molecule has 1 aliphatic rings. The maximum absolute atomic E-state index is 13.8. The summed E-state index contributed by atoms with van der Waals surface area (Å²) in [5.41, 5.74) is 1.82. The second-order valence-corrected chi connectivity index (χ2v) is 8.33. The van der Waals surface area contributed by atoms with Gasteiger partial charge in [-0.2, -0.15) is 5.26 Å². The molecule has 3 aromatic rings. The Hall–Kier alpha value is -4.12. The third-order valence-electron chi connectivity index (χ3n) is 5.56. The van der Waals surface area contributed by atoms with Crippen LogP contribution in [0, 0.1) is 23.1 Å². The number of carbonyl (C=O) groups is 2. The molecule has 33 heavy (non-hydrogen) atoms. The number of aromatic nitrogens is 2. The molecule has 2 atom stereocenters. The fraction of sp³-hybridized carbons (Fsp3) is 0.240. The van der Waals surface area contributed by atoms with Gasteiger partial charge >= 0.3 is 0 Å². The molecule has 0 bridgehead atoms. The van der Waals surface area contributed by atoms with Crippen LogP contribution < -0.4 is 5.32 Å². The highest BCUT2D eigenvalue weighted by Gasteiger charge is 2.44. The number of nitriles is 1. The molecule has 7 nitrogen and oxygen atoms in total. The summed E-state index contributed by atoms with van der Waals surface area (Å²) in [6.07, 6.45) is 4.61. The zero-order valence-electron chi connectivity index (χ0n) is 18.2. The van der Waals surface area contributed by atoms with Gasteiger partial charge in [-0.05, 0) is 35.7 Å². The van der Waals surface area contributed by atoms with E-state index in [1.807, 2.05) is 13.8 Å². The van der Waals surface area contributed by atoms with E-state index in [9.17, 15) is 14.0 Å². The van der Waals surface area contributed by atoms with Crippen LogP contribution in [0.25, 0.3) is 0 Å². The van der Waals surface area contributed by atoms with Crippen LogP contribution in [0.15, 0.2) is 61.2 Å². The highest BCUT2D eigenvalue weighted by molar-refractivity contribution is 6.04. The lowest BCUT2D eigenvalue weighted by atomic mass is 9.79. The van der Waals surface area contributed by atoms with Crippen LogP contribution >= 0.6 is 0 Å². The van der Waals surface area contributed by atoms with Crippen molar-refractivity contribution in [3.8, 4) is 6.07 Å². The standard InChI is InChI=1S/C25H22FN5O2/c1-15(2)13-31-23(17-11-28-14-29-12-17)22(19-5-3-4-6-20(19)25(31)33)24(32)30-18-7-8-21(26)16(9-18)10-27/h3-9,11-12,14-15,22-23H,13H2,1-2H3,(H,30,32)/t22-,23+/m0/s1. The summed E-state index contributed by atoms with van der Waals surface area (Å²) in [4.78, 5) is 37.0. The minimum Gasteiger partial charge on any atom is -0.330 e. The number of anilines is 1. The van der Waals surface area contributed by atoms with Crippen LogP contribution in [-0.2, 0) is 4.79 Å². The third-order valence-corrected chi connectivity index (χ3v) is 5.56. The molecule has 0 radical (unpaired) electrons. The van der Waals surface area contributed by atoms with Crippen LogP contribution in [0.4, 0.5) is 10.1 Å². The fourth-order valence-corrected chi connectivity index (χ4v) is 4.21. The summed E-state index contributed by atoms with van der Waals surface area (Å²) in [6.45, 7) is 4.44. The van der Waals surface area contributed by atoms with Crippen LogP contribution in [0.1, 0.15) is 52.9 Å². The second kappa shape index (κ2) is 9.17. The highest BCUT2D eigenvalue weighted by atomic mass is 19.1. The quantitative estimate of drug-likeness (QED) is 0.641. The largest absolute Gasteiger partial charge is 0.330 e. The van der Waals surface area contributed by atoms with Gasteiger partial charge < -0.3 is 10.2 Å². The number of rotatable bonds is 5. The van der Waals surface area contributed by atoms with E-state index in [4.69, 9.17) is 5.26 Å². The van der Waals surface area contributed by atoms with Gasteiger partial charge in [0.25, 0.3) is 5.91 Å². The van der Waals surface area contributed by atoms with Crippen LogP contribution in [0.3, 0.4) is 0 Å². The van der Waals surface area contributed by atoms with E-state index >= 15 is 0 Å². The average Bonchev–Trinajstić information content (AvgIpc) is 2.82. The molecule has 8 heteroatoms. The maximum Gasteiger partial charge on any atom is 0.254 e. The Morgan fingerprint density at radius 1 is 1.21 bits per heavy atom. The lowest BCUT2D eigenvalue weighted by Gasteiger charge is -2.42. The van der Waals surface area contributed by atoms with Gasteiger partial charge in [0.2, 0.25) is 5.91 Å². The first-order valence-corrected chi connectivity index (χ1v) is 10.6. The Bertz CT molecular complexity index is 1240. The number of nitrogens with one attached hydrogen (secondary N) is 1. The molecule has 166 valence electrons. The number of hydrogen-bond donors (Lipinski definition) is 1. The molecule has 0 saturated heterocycles. The average molecular weight is 443 g/mol. The summed E-state index contributed by atoms with van der Waals surface area (Å²) in [5, 5.41) is 11.9. The number of carbonyl (C=O) groups excluding carboxylic acids is 2. The van der Waals surface area contributed by atoms with Crippen molar-refractivity contribution < 1.29 is 14.0 Å². The molecule has 4 rings (SSSR count). The first-order chi connectivity index (χ1) is 15.9. The zero-order chi connectivity index (χ0) is 23.5. The Balaban J connectivity index is 1.83. The molecule has 1 N–H and O–H groups in total. The molecule has 2 heterocycles. The van der Waals surface area contributed by atoms with E-state index in [1.165, 1.54) is 18.5 Å².